The minimum atomic E-state index is -0.481. The summed E-state index contributed by atoms with van der Waals surface area (Å²) in [6.07, 6.45) is 1.72. The first kappa shape index (κ1) is 22.5. The molecule has 0 saturated heterocycles. The zero-order chi connectivity index (χ0) is 21.1. The molecule has 0 bridgehead atoms. The second kappa shape index (κ2) is 9.78. The van der Waals surface area contributed by atoms with Crippen LogP contribution in [0.5, 0.6) is 11.5 Å². The van der Waals surface area contributed by atoms with Crippen LogP contribution in [0.3, 0.4) is 0 Å². The van der Waals surface area contributed by atoms with Crippen molar-refractivity contribution in [3.63, 3.8) is 0 Å². The predicted molar refractivity (Wildman–Crippen MR) is 134 cm³/mol. The van der Waals surface area contributed by atoms with Gasteiger partial charge in [-0.1, -0.05) is 0 Å². The van der Waals surface area contributed by atoms with E-state index in [0.29, 0.717) is 18.1 Å². The normalized spacial score (nSPS) is 14.9. The van der Waals surface area contributed by atoms with Crippen LogP contribution in [0.1, 0.15) is 31.9 Å². The lowest BCUT2D eigenvalue weighted by molar-refractivity contribution is -0.129. The Hall–Kier alpha value is -1.14. The summed E-state index contributed by atoms with van der Waals surface area (Å²) in [5.74, 6) is 1.14. The number of halogens is 3. The molecule has 0 spiro atoms. The van der Waals surface area contributed by atoms with Crippen LogP contribution >= 0.6 is 61.1 Å². The van der Waals surface area contributed by atoms with Crippen molar-refractivity contribution in [2.75, 3.05) is 6.61 Å². The fourth-order valence-electron chi connectivity index (χ4n) is 2.60. The van der Waals surface area contributed by atoms with Gasteiger partial charge >= 0.3 is 5.97 Å². The Morgan fingerprint density at radius 2 is 1.97 bits per heavy atom. The van der Waals surface area contributed by atoms with E-state index in [-0.39, 0.29) is 17.7 Å². The van der Waals surface area contributed by atoms with Gasteiger partial charge < -0.3 is 14.2 Å². The van der Waals surface area contributed by atoms with Gasteiger partial charge in [-0.3, -0.25) is 0 Å². The highest BCUT2D eigenvalue weighted by Gasteiger charge is 2.25. The van der Waals surface area contributed by atoms with Gasteiger partial charge in [0.15, 0.2) is 17.2 Å². The zero-order valence-corrected chi connectivity index (χ0v) is 21.9. The first-order valence-corrected chi connectivity index (χ1v) is 11.8. The van der Waals surface area contributed by atoms with E-state index in [0.717, 1.165) is 22.7 Å². The number of esters is 1. The summed E-state index contributed by atoms with van der Waals surface area (Å²) in [6.45, 7) is 6.36. The SMILES string of the molecule is CCOc1cc(/C=C2\N=C(c3ccc(I)c(Br)c3)OC2=O)cc(I)c1OC(C)C. The summed E-state index contributed by atoms with van der Waals surface area (Å²) in [5, 5.41) is 0. The van der Waals surface area contributed by atoms with Crippen LogP contribution in [-0.2, 0) is 9.53 Å². The maximum absolute atomic E-state index is 12.3. The molecule has 5 nitrogen and oxygen atoms in total. The fraction of sp³-hybridized carbons (Fsp3) is 0.238. The van der Waals surface area contributed by atoms with E-state index in [2.05, 4.69) is 66.1 Å². The minimum Gasteiger partial charge on any atom is -0.490 e. The molecule has 8 heteroatoms. The first-order valence-electron chi connectivity index (χ1n) is 8.89. The molecule has 0 radical (unpaired) electrons. The predicted octanol–water partition coefficient (Wildman–Crippen LogP) is 6.19. The number of cyclic esters (lactones) is 1. The highest BCUT2D eigenvalue weighted by atomic mass is 127. The molecule has 0 N–H and O–H groups in total. The van der Waals surface area contributed by atoms with E-state index < -0.39 is 5.97 Å². The van der Waals surface area contributed by atoms with Crippen molar-refractivity contribution in [3.05, 3.63) is 58.8 Å². The molecule has 2 aromatic carbocycles. The topological polar surface area (TPSA) is 57.1 Å². The Balaban J connectivity index is 1.97. The van der Waals surface area contributed by atoms with Crippen LogP contribution in [0.4, 0.5) is 0 Å². The summed E-state index contributed by atoms with van der Waals surface area (Å²) in [6, 6.07) is 9.46. The molecule has 0 aromatic heterocycles. The largest absolute Gasteiger partial charge is 0.490 e. The van der Waals surface area contributed by atoms with Crippen LogP contribution in [0.25, 0.3) is 6.08 Å². The molecule has 3 rings (SSSR count). The number of carbonyl (C=O) groups is 1. The number of hydrogen-bond donors (Lipinski definition) is 0. The van der Waals surface area contributed by atoms with Crippen molar-refractivity contribution >= 4 is 79.1 Å². The quantitative estimate of drug-likeness (QED) is 0.208. The Bertz CT molecular complexity index is 1020. The lowest BCUT2D eigenvalue weighted by atomic mass is 10.1. The van der Waals surface area contributed by atoms with E-state index >= 15 is 0 Å². The number of benzene rings is 2. The first-order chi connectivity index (χ1) is 13.8. The molecule has 0 saturated carbocycles. The Labute approximate surface area is 205 Å². The van der Waals surface area contributed by atoms with Crippen molar-refractivity contribution in [3.8, 4) is 11.5 Å². The Morgan fingerprint density at radius 1 is 1.21 bits per heavy atom. The second-order valence-corrected chi connectivity index (χ2v) is 9.57. The third kappa shape index (κ3) is 5.52. The summed E-state index contributed by atoms with van der Waals surface area (Å²) in [5.41, 5.74) is 1.76. The summed E-state index contributed by atoms with van der Waals surface area (Å²) < 4.78 is 19.9. The van der Waals surface area contributed by atoms with Crippen LogP contribution < -0.4 is 9.47 Å². The molecule has 1 aliphatic rings. The standard InChI is InChI=1S/C21H18BrI2NO4/c1-4-27-18-9-12(7-16(24)19(18)28-11(2)3)8-17-21(26)29-20(25-17)13-5-6-15(23)14(22)10-13/h5-11H,4H2,1-3H3/b17-8-. The van der Waals surface area contributed by atoms with Crippen molar-refractivity contribution in [2.24, 2.45) is 4.99 Å². The number of hydrogen-bond acceptors (Lipinski definition) is 5. The maximum Gasteiger partial charge on any atom is 0.363 e. The van der Waals surface area contributed by atoms with Crippen LogP contribution in [0, 0.1) is 7.14 Å². The maximum atomic E-state index is 12.3. The number of carbonyl (C=O) groups excluding carboxylic acids is 1. The molecular weight excluding hydrogens is 664 g/mol. The monoisotopic (exact) mass is 681 g/mol. The molecule has 0 amide bonds. The summed E-state index contributed by atoms with van der Waals surface area (Å²) in [4.78, 5) is 16.7. The van der Waals surface area contributed by atoms with Crippen molar-refractivity contribution < 1.29 is 19.0 Å². The third-order valence-electron chi connectivity index (χ3n) is 3.78. The average molecular weight is 682 g/mol. The molecule has 1 heterocycles. The molecule has 152 valence electrons. The zero-order valence-electron chi connectivity index (χ0n) is 16.0. The molecule has 2 aromatic rings. The van der Waals surface area contributed by atoms with Gasteiger partial charge in [-0.25, -0.2) is 9.79 Å². The lowest BCUT2D eigenvalue weighted by Crippen LogP contribution is -2.09. The van der Waals surface area contributed by atoms with E-state index in [1.165, 1.54) is 0 Å². The molecule has 0 aliphatic carbocycles. The fourth-order valence-corrected chi connectivity index (χ4v) is 4.07. The van der Waals surface area contributed by atoms with Gasteiger partial charge in [0.1, 0.15) is 0 Å². The van der Waals surface area contributed by atoms with Gasteiger partial charge in [-0.05, 0) is 124 Å². The summed E-state index contributed by atoms with van der Waals surface area (Å²) in [7, 11) is 0. The molecule has 0 atom stereocenters. The molecule has 0 unspecified atom stereocenters. The van der Waals surface area contributed by atoms with E-state index in [9.17, 15) is 4.79 Å². The molecular formula is C21H18BrI2NO4. The van der Waals surface area contributed by atoms with Crippen molar-refractivity contribution in [1.82, 2.24) is 0 Å². The van der Waals surface area contributed by atoms with Crippen molar-refractivity contribution in [2.45, 2.75) is 26.9 Å². The van der Waals surface area contributed by atoms with Gasteiger partial charge in [0, 0.05) is 13.6 Å². The highest BCUT2D eigenvalue weighted by Crippen LogP contribution is 2.36. The van der Waals surface area contributed by atoms with Gasteiger partial charge in [0.2, 0.25) is 5.90 Å². The minimum absolute atomic E-state index is 0.0251. The van der Waals surface area contributed by atoms with Gasteiger partial charge in [0.05, 0.1) is 16.3 Å². The molecule has 29 heavy (non-hydrogen) atoms. The van der Waals surface area contributed by atoms with Gasteiger partial charge in [-0.2, -0.15) is 0 Å². The second-order valence-electron chi connectivity index (χ2n) is 6.39. The van der Waals surface area contributed by atoms with E-state index in [1.54, 1.807) is 6.08 Å². The molecule has 0 fully saturated rings. The van der Waals surface area contributed by atoms with Gasteiger partial charge in [-0.15, -0.1) is 0 Å². The number of ether oxygens (including phenoxy) is 3. The lowest BCUT2D eigenvalue weighted by Gasteiger charge is -2.16. The summed E-state index contributed by atoms with van der Waals surface area (Å²) >= 11 is 7.91. The molecule has 1 aliphatic heterocycles. The number of nitrogens with zero attached hydrogens (tertiary/aromatic N) is 1. The van der Waals surface area contributed by atoms with Crippen LogP contribution in [0.15, 0.2) is 45.5 Å². The highest BCUT2D eigenvalue weighted by molar-refractivity contribution is 14.1. The number of rotatable bonds is 6. The third-order valence-corrected chi connectivity index (χ3v) is 6.91. The Morgan fingerprint density at radius 3 is 2.62 bits per heavy atom. The Kier molecular flexibility index (Phi) is 7.60. The number of aliphatic imine (C=N–C) groups is 1. The van der Waals surface area contributed by atoms with E-state index in [1.807, 2.05) is 51.1 Å². The smallest absolute Gasteiger partial charge is 0.363 e. The average Bonchev–Trinajstić information content (AvgIpc) is 3.01. The van der Waals surface area contributed by atoms with Crippen LogP contribution in [-0.4, -0.2) is 24.6 Å². The van der Waals surface area contributed by atoms with Crippen molar-refractivity contribution in [1.29, 1.82) is 0 Å². The van der Waals surface area contributed by atoms with Gasteiger partial charge in [0.25, 0.3) is 0 Å². The van der Waals surface area contributed by atoms with Crippen LogP contribution in [0.2, 0.25) is 0 Å². The van der Waals surface area contributed by atoms with E-state index in [4.69, 9.17) is 14.2 Å².